The van der Waals surface area contributed by atoms with Crippen LogP contribution in [0, 0.1) is 0 Å². The highest BCUT2D eigenvalue weighted by Gasteiger charge is 2.34. The van der Waals surface area contributed by atoms with E-state index in [-0.39, 0.29) is 11.8 Å². The van der Waals surface area contributed by atoms with Crippen LogP contribution in [-0.4, -0.2) is 34.7 Å². The summed E-state index contributed by atoms with van der Waals surface area (Å²) in [6, 6.07) is 15.3. The normalized spacial score (nSPS) is 16.8. The molecule has 7 nitrogen and oxygen atoms in total. The highest BCUT2D eigenvalue weighted by Crippen LogP contribution is 2.33. The number of anilines is 1. The number of hydrogen-bond acceptors (Lipinski definition) is 5. The molecule has 0 aliphatic carbocycles. The van der Waals surface area contributed by atoms with Gasteiger partial charge in [0, 0.05) is 47.2 Å². The lowest BCUT2D eigenvalue weighted by Gasteiger charge is -2.16. The van der Waals surface area contributed by atoms with Gasteiger partial charge in [0.2, 0.25) is 5.91 Å². The van der Waals surface area contributed by atoms with E-state index in [4.69, 9.17) is 9.26 Å². The minimum Gasteiger partial charge on any atom is -0.497 e. The number of H-pyrrole nitrogens is 1. The van der Waals surface area contributed by atoms with Crippen molar-refractivity contribution < 1.29 is 14.1 Å². The van der Waals surface area contributed by atoms with Crippen molar-refractivity contribution in [2.45, 2.75) is 12.3 Å². The highest BCUT2D eigenvalue weighted by molar-refractivity contribution is 5.96. The zero-order valence-electron chi connectivity index (χ0n) is 15.3. The number of rotatable bonds is 4. The van der Waals surface area contributed by atoms with Crippen LogP contribution in [0.5, 0.6) is 5.75 Å². The van der Waals surface area contributed by atoms with Crippen molar-refractivity contribution in [2.24, 2.45) is 0 Å². The summed E-state index contributed by atoms with van der Waals surface area (Å²) in [5.74, 6) is 1.74. The summed E-state index contributed by atoms with van der Waals surface area (Å²) >= 11 is 0. The number of benzene rings is 2. The first-order valence-corrected chi connectivity index (χ1v) is 9.07. The smallest absolute Gasteiger partial charge is 0.258 e. The molecule has 1 fully saturated rings. The molecule has 0 saturated carbocycles. The van der Waals surface area contributed by atoms with E-state index in [0.29, 0.717) is 24.7 Å². The second kappa shape index (κ2) is 6.53. The fourth-order valence-electron chi connectivity index (χ4n) is 3.67. The van der Waals surface area contributed by atoms with Crippen LogP contribution >= 0.6 is 0 Å². The van der Waals surface area contributed by atoms with Crippen LogP contribution in [0.15, 0.2) is 59.3 Å². The number of carbonyl (C=O) groups excluding carboxylic acids is 1. The predicted molar refractivity (Wildman–Crippen MR) is 104 cm³/mol. The summed E-state index contributed by atoms with van der Waals surface area (Å²) in [7, 11) is 1.62. The Balaban J connectivity index is 1.40. The number of fused-ring (bicyclic) bond motifs is 1. The molecular formula is C21H18N4O3. The third kappa shape index (κ3) is 2.72. The molecule has 3 heterocycles. The summed E-state index contributed by atoms with van der Waals surface area (Å²) in [6.07, 6.45) is 2.24. The van der Waals surface area contributed by atoms with Gasteiger partial charge in [0.05, 0.1) is 7.11 Å². The summed E-state index contributed by atoms with van der Waals surface area (Å²) in [5.41, 5.74) is 2.74. The maximum atomic E-state index is 12.5. The van der Waals surface area contributed by atoms with Gasteiger partial charge in [0.25, 0.3) is 5.89 Å². The molecule has 2 aromatic carbocycles. The average Bonchev–Trinajstić information content (AvgIpc) is 3.47. The Morgan fingerprint density at radius 1 is 1.18 bits per heavy atom. The van der Waals surface area contributed by atoms with E-state index in [2.05, 4.69) is 15.1 Å². The Hall–Kier alpha value is -3.61. The third-order valence-electron chi connectivity index (χ3n) is 5.14. The topological polar surface area (TPSA) is 84.2 Å². The van der Waals surface area contributed by atoms with Crippen molar-refractivity contribution >= 4 is 22.5 Å². The fraction of sp³-hybridized carbons (Fsp3) is 0.190. The number of ether oxygens (including phenoxy) is 1. The van der Waals surface area contributed by atoms with Gasteiger partial charge in [-0.25, -0.2) is 0 Å². The molecule has 1 N–H and O–H groups in total. The molecule has 7 heteroatoms. The minimum atomic E-state index is -0.0995. The minimum absolute atomic E-state index is 0.0502. The van der Waals surface area contributed by atoms with Crippen LogP contribution in [0.1, 0.15) is 18.2 Å². The molecule has 1 amide bonds. The Kier molecular flexibility index (Phi) is 3.86. The summed E-state index contributed by atoms with van der Waals surface area (Å²) in [4.78, 5) is 22.1. The van der Waals surface area contributed by atoms with Crippen LogP contribution in [-0.2, 0) is 4.79 Å². The number of carbonyl (C=O) groups is 1. The highest BCUT2D eigenvalue weighted by atomic mass is 16.5. The summed E-state index contributed by atoms with van der Waals surface area (Å²) in [6.45, 7) is 0.526. The van der Waals surface area contributed by atoms with Gasteiger partial charge in [-0.1, -0.05) is 11.2 Å². The van der Waals surface area contributed by atoms with Crippen LogP contribution < -0.4 is 9.64 Å². The number of nitrogens with zero attached hydrogens (tertiary/aromatic N) is 3. The van der Waals surface area contributed by atoms with E-state index in [1.54, 1.807) is 12.0 Å². The number of hydrogen-bond donors (Lipinski definition) is 1. The lowest BCUT2D eigenvalue weighted by molar-refractivity contribution is -0.117. The van der Waals surface area contributed by atoms with Gasteiger partial charge in [-0.15, -0.1) is 0 Å². The van der Waals surface area contributed by atoms with E-state index < -0.39 is 0 Å². The second-order valence-electron chi connectivity index (χ2n) is 6.81. The molecule has 1 aliphatic heterocycles. The molecule has 1 unspecified atom stereocenters. The zero-order valence-corrected chi connectivity index (χ0v) is 15.3. The lowest BCUT2D eigenvalue weighted by Crippen LogP contribution is -2.24. The third-order valence-corrected chi connectivity index (χ3v) is 5.14. The van der Waals surface area contributed by atoms with Gasteiger partial charge in [-0.2, -0.15) is 4.98 Å². The van der Waals surface area contributed by atoms with Gasteiger partial charge in [0.1, 0.15) is 5.75 Å². The van der Waals surface area contributed by atoms with Crippen LogP contribution in [0.25, 0.3) is 22.4 Å². The standard InChI is InChI=1S/C21H18N4O3/c1-27-15-7-5-14(6-8-15)25-12-13(11-19(25)26)20-23-21(28-24-20)17-3-2-4-18-16(17)9-10-22-18/h2-10,13,22H,11-12H2,1H3. The Labute approximate surface area is 160 Å². The maximum absolute atomic E-state index is 12.5. The first kappa shape index (κ1) is 16.6. The zero-order chi connectivity index (χ0) is 19.1. The lowest BCUT2D eigenvalue weighted by atomic mass is 10.1. The van der Waals surface area contributed by atoms with Crippen molar-refractivity contribution in [2.75, 3.05) is 18.6 Å². The molecule has 1 atom stereocenters. The Morgan fingerprint density at radius 3 is 2.86 bits per heavy atom. The predicted octanol–water partition coefficient (Wildman–Crippen LogP) is 3.75. The van der Waals surface area contributed by atoms with E-state index in [9.17, 15) is 4.79 Å². The Bertz CT molecular complexity index is 1150. The molecule has 4 aromatic rings. The van der Waals surface area contributed by atoms with E-state index in [1.165, 1.54) is 0 Å². The van der Waals surface area contributed by atoms with Gasteiger partial charge >= 0.3 is 0 Å². The van der Waals surface area contributed by atoms with Crippen molar-refractivity contribution in [1.29, 1.82) is 0 Å². The molecule has 5 rings (SSSR count). The van der Waals surface area contributed by atoms with Crippen molar-refractivity contribution in [3.8, 4) is 17.2 Å². The number of aromatic nitrogens is 3. The summed E-state index contributed by atoms with van der Waals surface area (Å²) < 4.78 is 10.7. The molecule has 0 radical (unpaired) electrons. The summed E-state index contributed by atoms with van der Waals surface area (Å²) in [5, 5.41) is 5.19. The molecule has 1 saturated heterocycles. The van der Waals surface area contributed by atoms with E-state index in [0.717, 1.165) is 27.9 Å². The molecule has 2 aromatic heterocycles. The number of nitrogens with one attached hydrogen (secondary N) is 1. The number of methoxy groups -OCH3 is 1. The first-order valence-electron chi connectivity index (χ1n) is 9.07. The van der Waals surface area contributed by atoms with E-state index >= 15 is 0 Å². The quantitative estimate of drug-likeness (QED) is 0.588. The molecule has 1 aliphatic rings. The van der Waals surface area contributed by atoms with Crippen molar-refractivity contribution in [1.82, 2.24) is 15.1 Å². The Morgan fingerprint density at radius 2 is 2.04 bits per heavy atom. The molecule has 0 bridgehead atoms. The van der Waals surface area contributed by atoms with Gasteiger partial charge in [-0.05, 0) is 42.5 Å². The fourth-order valence-corrected chi connectivity index (χ4v) is 3.67. The largest absolute Gasteiger partial charge is 0.497 e. The van der Waals surface area contributed by atoms with Gasteiger partial charge < -0.3 is 19.1 Å². The first-order chi connectivity index (χ1) is 13.7. The number of aromatic amines is 1. The second-order valence-corrected chi connectivity index (χ2v) is 6.81. The molecular weight excluding hydrogens is 356 g/mol. The average molecular weight is 374 g/mol. The maximum Gasteiger partial charge on any atom is 0.258 e. The monoisotopic (exact) mass is 374 g/mol. The molecule has 0 spiro atoms. The van der Waals surface area contributed by atoms with Crippen LogP contribution in [0.4, 0.5) is 5.69 Å². The molecule has 140 valence electrons. The van der Waals surface area contributed by atoms with Crippen LogP contribution in [0.2, 0.25) is 0 Å². The van der Waals surface area contributed by atoms with E-state index in [1.807, 2.05) is 54.7 Å². The SMILES string of the molecule is COc1ccc(N2CC(c3noc(-c4cccc5[nH]ccc45)n3)CC2=O)cc1. The number of amides is 1. The van der Waals surface area contributed by atoms with Crippen molar-refractivity contribution in [3.05, 3.63) is 60.6 Å². The van der Waals surface area contributed by atoms with Gasteiger partial charge in [0.15, 0.2) is 5.82 Å². The van der Waals surface area contributed by atoms with Crippen LogP contribution in [0.3, 0.4) is 0 Å². The van der Waals surface area contributed by atoms with Crippen molar-refractivity contribution in [3.63, 3.8) is 0 Å². The van der Waals surface area contributed by atoms with Gasteiger partial charge in [-0.3, -0.25) is 4.79 Å². The molecule has 28 heavy (non-hydrogen) atoms.